The summed E-state index contributed by atoms with van der Waals surface area (Å²) in [6, 6.07) is 8.70. The highest BCUT2D eigenvalue weighted by atomic mass is 15.5. The highest BCUT2D eigenvalue weighted by Crippen LogP contribution is 2.44. The highest BCUT2D eigenvalue weighted by molar-refractivity contribution is 5.74. The molecular weight excluding hydrogens is 308 g/mol. The molecule has 1 aromatic carbocycles. The van der Waals surface area contributed by atoms with Gasteiger partial charge < -0.3 is 5.32 Å². The molecule has 132 valence electrons. The molecule has 1 aromatic heterocycles. The lowest BCUT2D eigenvalue weighted by molar-refractivity contribution is 0.167. The predicted octanol–water partition coefficient (Wildman–Crippen LogP) is 5.34. The number of hydrogen-bond acceptors (Lipinski definition) is 3. The molecule has 25 heavy (non-hydrogen) atoms. The van der Waals surface area contributed by atoms with Gasteiger partial charge in [0, 0.05) is 11.8 Å². The molecule has 0 spiro atoms. The van der Waals surface area contributed by atoms with Crippen LogP contribution in [0.15, 0.2) is 30.5 Å². The average Bonchev–Trinajstić information content (AvgIpc) is 2.90. The Morgan fingerprint density at radius 2 is 1.64 bits per heavy atom. The molecule has 0 aliphatic carbocycles. The van der Waals surface area contributed by atoms with E-state index in [1.807, 2.05) is 0 Å². The van der Waals surface area contributed by atoms with Crippen molar-refractivity contribution in [2.45, 2.75) is 60.0 Å². The first-order chi connectivity index (χ1) is 11.6. The van der Waals surface area contributed by atoms with Crippen LogP contribution in [0.1, 0.15) is 51.4 Å². The molecule has 0 bridgehead atoms. The fourth-order valence-corrected chi connectivity index (χ4v) is 3.86. The van der Waals surface area contributed by atoms with Gasteiger partial charge in [-0.1, -0.05) is 17.7 Å². The van der Waals surface area contributed by atoms with Crippen LogP contribution < -0.4 is 9.80 Å². The Labute approximate surface area is 151 Å². The predicted molar refractivity (Wildman–Crippen MR) is 107 cm³/mol. The summed E-state index contributed by atoms with van der Waals surface area (Å²) in [5.74, 6) is 1.75. The molecule has 0 radical (unpaired) electrons. The van der Waals surface area contributed by atoms with Crippen LogP contribution in [0.2, 0.25) is 0 Å². The third-order valence-corrected chi connectivity index (χ3v) is 5.18. The van der Waals surface area contributed by atoms with E-state index in [0.29, 0.717) is 12.0 Å². The van der Waals surface area contributed by atoms with E-state index in [1.165, 1.54) is 5.56 Å². The van der Waals surface area contributed by atoms with Crippen molar-refractivity contribution in [3.63, 3.8) is 0 Å². The van der Waals surface area contributed by atoms with Crippen molar-refractivity contribution in [2.24, 2.45) is 0 Å². The third kappa shape index (κ3) is 2.85. The van der Waals surface area contributed by atoms with Crippen molar-refractivity contribution in [3.8, 4) is 0 Å². The second-order valence-corrected chi connectivity index (χ2v) is 8.22. The Morgan fingerprint density at radius 1 is 1.00 bits per heavy atom. The normalized spacial score (nSPS) is 19.4. The van der Waals surface area contributed by atoms with Crippen molar-refractivity contribution >= 4 is 23.5 Å². The SMILES string of the molecule is Cc1ccc(Nc2nc(C)c3c(n2)[N+](C(C)C)(C(C)(C)C)C=C3)cc1. The van der Waals surface area contributed by atoms with Gasteiger partial charge in [-0.05, 0) is 60.6 Å². The molecule has 4 nitrogen and oxygen atoms in total. The summed E-state index contributed by atoms with van der Waals surface area (Å²) in [4.78, 5) is 9.65. The molecule has 1 aliphatic heterocycles. The number of aryl methyl sites for hydroxylation is 2. The lowest BCUT2D eigenvalue weighted by atomic mass is 9.99. The van der Waals surface area contributed by atoms with Crippen LogP contribution in [0.25, 0.3) is 6.08 Å². The number of rotatable bonds is 3. The highest BCUT2D eigenvalue weighted by Gasteiger charge is 2.49. The molecule has 1 N–H and O–H groups in total. The standard InChI is InChI=1S/C21H29N4/c1-14(2)25(21(5,6)7)13-12-18-16(4)22-20(24-19(18)25)23-17-10-8-15(3)9-11-17/h8-14H,1-7H3,(H,22,23,24)/q+1. The molecule has 2 aromatic rings. The summed E-state index contributed by atoms with van der Waals surface area (Å²) >= 11 is 0. The number of aromatic nitrogens is 2. The van der Waals surface area contributed by atoms with Crippen LogP contribution in [0, 0.1) is 13.8 Å². The summed E-state index contributed by atoms with van der Waals surface area (Å²) in [5, 5.41) is 3.37. The Morgan fingerprint density at radius 3 is 2.20 bits per heavy atom. The molecule has 0 saturated carbocycles. The van der Waals surface area contributed by atoms with Crippen LogP contribution >= 0.6 is 0 Å². The minimum atomic E-state index is 0.0117. The van der Waals surface area contributed by atoms with Crippen LogP contribution in [-0.2, 0) is 0 Å². The van der Waals surface area contributed by atoms with Crippen molar-refractivity contribution in [1.82, 2.24) is 14.5 Å². The van der Waals surface area contributed by atoms with Crippen molar-refractivity contribution in [2.75, 3.05) is 5.32 Å². The third-order valence-electron chi connectivity index (χ3n) is 5.18. The molecule has 3 rings (SSSR count). The summed E-state index contributed by atoms with van der Waals surface area (Å²) in [5.41, 5.74) is 4.43. The maximum Gasteiger partial charge on any atom is 0.245 e. The average molecular weight is 337 g/mol. The maximum absolute atomic E-state index is 4.96. The second-order valence-electron chi connectivity index (χ2n) is 8.22. The zero-order chi connectivity index (χ0) is 18.4. The van der Waals surface area contributed by atoms with Crippen LogP contribution in [0.5, 0.6) is 0 Å². The van der Waals surface area contributed by atoms with E-state index in [4.69, 9.17) is 4.98 Å². The van der Waals surface area contributed by atoms with Gasteiger partial charge in [-0.2, -0.15) is 4.98 Å². The molecule has 2 heterocycles. The van der Waals surface area contributed by atoms with Crippen LogP contribution in [0.3, 0.4) is 0 Å². The number of anilines is 2. The number of nitrogens with zero attached hydrogens (tertiary/aromatic N) is 3. The van der Waals surface area contributed by atoms with Gasteiger partial charge in [0.2, 0.25) is 11.8 Å². The zero-order valence-corrected chi connectivity index (χ0v) is 16.4. The quantitative estimate of drug-likeness (QED) is 0.769. The Bertz CT molecular complexity index is 813. The van der Waals surface area contributed by atoms with Gasteiger partial charge in [-0.25, -0.2) is 9.47 Å². The van der Waals surface area contributed by atoms with Gasteiger partial charge in [0.25, 0.3) is 0 Å². The van der Waals surface area contributed by atoms with Gasteiger partial charge >= 0.3 is 0 Å². The van der Waals surface area contributed by atoms with Gasteiger partial charge in [0.1, 0.15) is 11.7 Å². The molecule has 1 unspecified atom stereocenters. The van der Waals surface area contributed by atoms with Gasteiger partial charge in [-0.3, -0.25) is 0 Å². The van der Waals surface area contributed by atoms with Gasteiger partial charge in [0.05, 0.1) is 17.3 Å². The van der Waals surface area contributed by atoms with E-state index in [-0.39, 0.29) is 5.54 Å². The lowest BCUT2D eigenvalue weighted by Gasteiger charge is -2.46. The van der Waals surface area contributed by atoms with Crippen molar-refractivity contribution < 1.29 is 0 Å². The number of quaternary nitrogens is 1. The lowest BCUT2D eigenvalue weighted by Crippen LogP contribution is -2.61. The Kier molecular flexibility index (Phi) is 4.20. The Balaban J connectivity index is 2.09. The Hall–Kier alpha value is -2.20. The van der Waals surface area contributed by atoms with Gasteiger partial charge in [-0.15, -0.1) is 0 Å². The first-order valence-electron chi connectivity index (χ1n) is 8.96. The molecule has 0 fully saturated rings. The van der Waals surface area contributed by atoms with Gasteiger partial charge in [0.15, 0.2) is 0 Å². The number of fused-ring (bicyclic) bond motifs is 1. The molecule has 0 saturated heterocycles. The van der Waals surface area contributed by atoms with E-state index in [9.17, 15) is 0 Å². The fourth-order valence-electron chi connectivity index (χ4n) is 3.86. The fraction of sp³-hybridized carbons (Fsp3) is 0.429. The zero-order valence-electron chi connectivity index (χ0n) is 16.4. The van der Waals surface area contributed by atoms with Crippen molar-refractivity contribution in [1.29, 1.82) is 0 Å². The molecule has 0 amide bonds. The van der Waals surface area contributed by atoms with E-state index in [0.717, 1.165) is 27.2 Å². The first-order valence-corrected chi connectivity index (χ1v) is 8.96. The minimum absolute atomic E-state index is 0.0117. The molecule has 1 aliphatic rings. The summed E-state index contributed by atoms with van der Waals surface area (Å²) in [6.07, 6.45) is 4.47. The maximum atomic E-state index is 4.96. The van der Waals surface area contributed by atoms with Crippen LogP contribution in [0.4, 0.5) is 17.5 Å². The first kappa shape index (κ1) is 17.6. The summed E-state index contributed by atoms with van der Waals surface area (Å²) in [6.45, 7) is 15.5. The largest absolute Gasteiger partial charge is 0.324 e. The number of hydrogen-bond donors (Lipinski definition) is 1. The summed E-state index contributed by atoms with van der Waals surface area (Å²) in [7, 11) is 0. The van der Waals surface area contributed by atoms with E-state index in [1.54, 1.807) is 0 Å². The number of benzene rings is 1. The second kappa shape index (κ2) is 5.95. The minimum Gasteiger partial charge on any atom is -0.324 e. The monoisotopic (exact) mass is 337 g/mol. The van der Waals surface area contributed by atoms with Crippen molar-refractivity contribution in [3.05, 3.63) is 47.3 Å². The van der Waals surface area contributed by atoms with E-state index >= 15 is 0 Å². The molecule has 1 atom stereocenters. The van der Waals surface area contributed by atoms with E-state index < -0.39 is 0 Å². The summed E-state index contributed by atoms with van der Waals surface area (Å²) < 4.78 is 0.730. The topological polar surface area (TPSA) is 37.8 Å². The van der Waals surface area contributed by atoms with E-state index in [2.05, 4.69) is 95.3 Å². The molecule has 4 heteroatoms. The number of nitrogens with one attached hydrogen (secondary N) is 1. The smallest absolute Gasteiger partial charge is 0.245 e. The van der Waals surface area contributed by atoms with Crippen LogP contribution in [-0.4, -0.2) is 21.5 Å². The molecular formula is C21H29N4+.